The fourth-order valence-corrected chi connectivity index (χ4v) is 1.51. The van der Waals surface area contributed by atoms with E-state index in [1.54, 1.807) is 0 Å². The van der Waals surface area contributed by atoms with Gasteiger partial charge < -0.3 is 15.8 Å². The van der Waals surface area contributed by atoms with Gasteiger partial charge in [-0.15, -0.1) is 0 Å². The lowest BCUT2D eigenvalue weighted by molar-refractivity contribution is 0.0893. The van der Waals surface area contributed by atoms with Gasteiger partial charge in [0.25, 0.3) is 5.91 Å². The molecule has 0 aliphatic carbocycles. The molecule has 0 radical (unpaired) electrons. The standard InChI is InChI=1S/C12H16F2N2O2/c1-18-7-9(4-5-15)16-12(17)8-2-3-10(13)11(14)6-8/h2-3,6,9H,4-5,7,15H2,1H3,(H,16,17). The van der Waals surface area contributed by atoms with E-state index in [-0.39, 0.29) is 11.6 Å². The summed E-state index contributed by atoms with van der Waals surface area (Å²) in [6.45, 7) is 0.707. The van der Waals surface area contributed by atoms with E-state index in [0.29, 0.717) is 19.6 Å². The molecule has 1 unspecified atom stereocenters. The van der Waals surface area contributed by atoms with Crippen LogP contribution in [0.2, 0.25) is 0 Å². The molecule has 4 nitrogen and oxygen atoms in total. The van der Waals surface area contributed by atoms with E-state index in [9.17, 15) is 13.6 Å². The van der Waals surface area contributed by atoms with Crippen molar-refractivity contribution in [2.75, 3.05) is 20.3 Å². The number of hydrogen-bond acceptors (Lipinski definition) is 3. The molecule has 1 aromatic rings. The molecule has 0 aliphatic heterocycles. The van der Waals surface area contributed by atoms with E-state index in [4.69, 9.17) is 10.5 Å². The smallest absolute Gasteiger partial charge is 0.251 e. The minimum absolute atomic E-state index is 0.0621. The lowest BCUT2D eigenvalue weighted by atomic mass is 10.1. The van der Waals surface area contributed by atoms with Crippen LogP contribution in [0.3, 0.4) is 0 Å². The first kappa shape index (κ1) is 14.5. The van der Waals surface area contributed by atoms with Crippen LogP contribution >= 0.6 is 0 Å². The molecule has 0 aliphatic rings. The molecule has 0 aromatic heterocycles. The van der Waals surface area contributed by atoms with Crippen molar-refractivity contribution >= 4 is 5.91 Å². The van der Waals surface area contributed by atoms with Crippen LogP contribution in [0, 0.1) is 11.6 Å². The minimum Gasteiger partial charge on any atom is -0.383 e. The average molecular weight is 258 g/mol. The number of carbonyl (C=O) groups is 1. The molecule has 1 amide bonds. The van der Waals surface area contributed by atoms with E-state index in [2.05, 4.69) is 5.32 Å². The third-order valence-electron chi connectivity index (χ3n) is 2.40. The summed E-state index contributed by atoms with van der Waals surface area (Å²) in [4.78, 5) is 11.8. The van der Waals surface area contributed by atoms with Crippen LogP contribution < -0.4 is 11.1 Å². The lowest BCUT2D eigenvalue weighted by Crippen LogP contribution is -2.39. The molecule has 0 fully saturated rings. The highest BCUT2D eigenvalue weighted by atomic mass is 19.2. The van der Waals surface area contributed by atoms with E-state index in [0.717, 1.165) is 12.1 Å². The van der Waals surface area contributed by atoms with Crippen molar-refractivity contribution in [2.45, 2.75) is 12.5 Å². The normalized spacial score (nSPS) is 12.2. The first-order valence-corrected chi connectivity index (χ1v) is 5.53. The second-order valence-electron chi connectivity index (χ2n) is 3.83. The van der Waals surface area contributed by atoms with Crippen LogP contribution in [0.1, 0.15) is 16.8 Å². The Balaban J connectivity index is 2.70. The van der Waals surface area contributed by atoms with E-state index in [1.165, 1.54) is 13.2 Å². The van der Waals surface area contributed by atoms with Gasteiger partial charge in [-0.05, 0) is 31.2 Å². The fourth-order valence-electron chi connectivity index (χ4n) is 1.51. The number of amides is 1. The number of benzene rings is 1. The summed E-state index contributed by atoms with van der Waals surface area (Å²) in [7, 11) is 1.51. The van der Waals surface area contributed by atoms with Crippen molar-refractivity contribution in [2.24, 2.45) is 5.73 Å². The number of rotatable bonds is 6. The van der Waals surface area contributed by atoms with Crippen LogP contribution in [0.15, 0.2) is 18.2 Å². The SMILES string of the molecule is COCC(CCN)NC(=O)c1ccc(F)c(F)c1. The molecule has 1 atom stereocenters. The summed E-state index contributed by atoms with van der Waals surface area (Å²) in [5, 5.41) is 2.65. The zero-order valence-corrected chi connectivity index (χ0v) is 10.1. The van der Waals surface area contributed by atoms with Crippen molar-refractivity contribution in [1.29, 1.82) is 0 Å². The predicted octanol–water partition coefficient (Wildman–Crippen LogP) is 1.06. The van der Waals surface area contributed by atoms with E-state index < -0.39 is 17.5 Å². The van der Waals surface area contributed by atoms with Crippen LogP contribution in [-0.2, 0) is 4.74 Å². The molecule has 3 N–H and O–H groups in total. The largest absolute Gasteiger partial charge is 0.383 e. The monoisotopic (exact) mass is 258 g/mol. The van der Waals surface area contributed by atoms with Crippen LogP contribution in [0.4, 0.5) is 8.78 Å². The van der Waals surface area contributed by atoms with Crippen molar-refractivity contribution in [3.63, 3.8) is 0 Å². The van der Waals surface area contributed by atoms with E-state index >= 15 is 0 Å². The lowest BCUT2D eigenvalue weighted by Gasteiger charge is -2.17. The van der Waals surface area contributed by atoms with Gasteiger partial charge in [-0.25, -0.2) is 8.78 Å². The van der Waals surface area contributed by atoms with Crippen LogP contribution in [-0.4, -0.2) is 32.2 Å². The maximum absolute atomic E-state index is 13.0. The summed E-state index contributed by atoms with van der Waals surface area (Å²) >= 11 is 0. The van der Waals surface area contributed by atoms with Crippen LogP contribution in [0.25, 0.3) is 0 Å². The third kappa shape index (κ3) is 4.05. The molecule has 1 rings (SSSR count). The Morgan fingerprint density at radius 3 is 2.72 bits per heavy atom. The molecule has 100 valence electrons. The van der Waals surface area contributed by atoms with Gasteiger partial charge in [-0.1, -0.05) is 0 Å². The summed E-state index contributed by atoms with van der Waals surface area (Å²) < 4.78 is 30.6. The average Bonchev–Trinajstić information content (AvgIpc) is 2.33. The Labute approximate surface area is 104 Å². The van der Waals surface area contributed by atoms with Gasteiger partial charge in [0.15, 0.2) is 11.6 Å². The van der Waals surface area contributed by atoms with Gasteiger partial charge >= 0.3 is 0 Å². The number of hydrogen-bond donors (Lipinski definition) is 2. The zero-order valence-electron chi connectivity index (χ0n) is 10.1. The molecule has 6 heteroatoms. The van der Waals surface area contributed by atoms with Gasteiger partial charge in [0.1, 0.15) is 0 Å². The van der Waals surface area contributed by atoms with Crippen molar-refractivity contribution in [3.8, 4) is 0 Å². The quantitative estimate of drug-likeness (QED) is 0.802. The molecular formula is C12H16F2N2O2. The highest BCUT2D eigenvalue weighted by Gasteiger charge is 2.14. The Bertz CT molecular complexity index is 407. The van der Waals surface area contributed by atoms with Gasteiger partial charge in [-0.2, -0.15) is 0 Å². The topological polar surface area (TPSA) is 64.3 Å². The Hall–Kier alpha value is -1.53. The summed E-state index contributed by atoms with van der Waals surface area (Å²) in [6.07, 6.45) is 0.545. The molecule has 1 aromatic carbocycles. The van der Waals surface area contributed by atoms with Crippen molar-refractivity contribution < 1.29 is 18.3 Å². The summed E-state index contributed by atoms with van der Waals surface area (Å²) in [6, 6.07) is 2.75. The molecule has 0 heterocycles. The highest BCUT2D eigenvalue weighted by Crippen LogP contribution is 2.09. The Morgan fingerprint density at radius 1 is 1.44 bits per heavy atom. The maximum Gasteiger partial charge on any atom is 0.251 e. The minimum atomic E-state index is -1.05. The molecule has 0 saturated heterocycles. The molecular weight excluding hydrogens is 242 g/mol. The van der Waals surface area contributed by atoms with Gasteiger partial charge in [0.05, 0.1) is 12.6 Å². The van der Waals surface area contributed by atoms with Crippen molar-refractivity contribution in [1.82, 2.24) is 5.32 Å². The van der Waals surface area contributed by atoms with Crippen LogP contribution in [0.5, 0.6) is 0 Å². The highest BCUT2D eigenvalue weighted by molar-refractivity contribution is 5.94. The second kappa shape index (κ2) is 7.03. The molecule has 0 saturated carbocycles. The Kier molecular flexibility index (Phi) is 5.67. The van der Waals surface area contributed by atoms with Gasteiger partial charge in [0.2, 0.25) is 0 Å². The molecule has 0 spiro atoms. The number of halogens is 2. The second-order valence-corrected chi connectivity index (χ2v) is 3.83. The maximum atomic E-state index is 13.0. The molecule has 18 heavy (non-hydrogen) atoms. The van der Waals surface area contributed by atoms with E-state index in [1.807, 2.05) is 0 Å². The number of methoxy groups -OCH3 is 1. The molecule has 0 bridgehead atoms. The number of nitrogens with one attached hydrogen (secondary N) is 1. The predicted molar refractivity (Wildman–Crippen MR) is 63.2 cm³/mol. The third-order valence-corrected chi connectivity index (χ3v) is 2.40. The fraction of sp³-hybridized carbons (Fsp3) is 0.417. The Morgan fingerprint density at radius 2 is 2.17 bits per heavy atom. The zero-order chi connectivity index (χ0) is 13.5. The first-order chi connectivity index (χ1) is 8.58. The summed E-state index contributed by atoms with van der Waals surface area (Å²) in [5.74, 6) is -2.52. The number of carbonyl (C=O) groups excluding carboxylic acids is 1. The summed E-state index contributed by atoms with van der Waals surface area (Å²) in [5.41, 5.74) is 5.46. The first-order valence-electron chi connectivity index (χ1n) is 5.53. The van der Waals surface area contributed by atoms with Gasteiger partial charge in [0, 0.05) is 12.7 Å². The van der Waals surface area contributed by atoms with Crippen molar-refractivity contribution in [3.05, 3.63) is 35.4 Å². The number of nitrogens with two attached hydrogens (primary N) is 1. The number of ether oxygens (including phenoxy) is 1. The van der Waals surface area contributed by atoms with Gasteiger partial charge in [-0.3, -0.25) is 4.79 Å².